The Bertz CT molecular complexity index is 343. The molecule has 2 rings (SSSR count). The highest BCUT2D eigenvalue weighted by Gasteiger charge is 2.43. The number of allylic oxidation sites excluding steroid dienone is 1. The van der Waals surface area contributed by atoms with E-state index in [2.05, 4.69) is 17.1 Å². The van der Waals surface area contributed by atoms with E-state index < -0.39 is 7.60 Å². The number of hydrogen-bond donors (Lipinski definition) is 0. The van der Waals surface area contributed by atoms with Crippen molar-refractivity contribution in [2.24, 2.45) is 0 Å². The molecule has 1 aliphatic carbocycles. The Hall–Kier alpha value is -0.150. The van der Waals surface area contributed by atoms with Gasteiger partial charge in [-0.15, -0.1) is 0 Å². The lowest BCUT2D eigenvalue weighted by Gasteiger charge is -2.37. The van der Waals surface area contributed by atoms with Crippen molar-refractivity contribution in [3.63, 3.8) is 0 Å². The molecule has 1 fully saturated rings. The molecule has 0 aromatic rings. The SMILES string of the molecule is CCOP(=O)(OCC)C1CCC=CC1N1CCCC1. The summed E-state index contributed by atoms with van der Waals surface area (Å²) in [4.78, 5) is 2.44. The largest absolute Gasteiger partial charge is 0.335 e. The molecule has 1 heterocycles. The van der Waals surface area contributed by atoms with Crippen LogP contribution in [-0.4, -0.2) is 42.9 Å². The highest BCUT2D eigenvalue weighted by atomic mass is 31.2. The fourth-order valence-corrected chi connectivity index (χ4v) is 5.44. The van der Waals surface area contributed by atoms with Gasteiger partial charge in [0.15, 0.2) is 0 Å². The fourth-order valence-electron chi connectivity index (χ4n) is 3.14. The summed E-state index contributed by atoms with van der Waals surface area (Å²) in [5, 5.41) is 0. The second kappa shape index (κ2) is 7.03. The van der Waals surface area contributed by atoms with Gasteiger partial charge in [0.25, 0.3) is 0 Å². The van der Waals surface area contributed by atoms with Crippen LogP contribution in [0, 0.1) is 0 Å². The molecular weight excluding hydrogens is 261 g/mol. The molecular formula is C14H26NO3P. The summed E-state index contributed by atoms with van der Waals surface area (Å²) in [5.41, 5.74) is -0.00417. The van der Waals surface area contributed by atoms with E-state index in [9.17, 15) is 4.57 Å². The highest BCUT2D eigenvalue weighted by Crippen LogP contribution is 2.57. The summed E-state index contributed by atoms with van der Waals surface area (Å²) < 4.78 is 24.2. The number of likely N-dealkylation sites (tertiary alicyclic amines) is 1. The molecule has 1 saturated heterocycles. The first-order valence-corrected chi connectivity index (χ1v) is 9.12. The Morgan fingerprint density at radius 2 is 1.84 bits per heavy atom. The van der Waals surface area contributed by atoms with Gasteiger partial charge in [0.1, 0.15) is 0 Å². The van der Waals surface area contributed by atoms with Gasteiger partial charge < -0.3 is 9.05 Å². The van der Waals surface area contributed by atoms with E-state index in [1.807, 2.05) is 13.8 Å². The molecule has 110 valence electrons. The number of nitrogens with zero attached hydrogens (tertiary/aromatic N) is 1. The zero-order valence-corrected chi connectivity index (χ0v) is 13.0. The molecule has 1 aliphatic heterocycles. The average Bonchev–Trinajstić information content (AvgIpc) is 2.93. The lowest BCUT2D eigenvalue weighted by molar-refractivity contribution is 0.186. The van der Waals surface area contributed by atoms with Crippen molar-refractivity contribution < 1.29 is 13.6 Å². The van der Waals surface area contributed by atoms with Gasteiger partial charge in [-0.25, -0.2) is 0 Å². The molecule has 0 bridgehead atoms. The van der Waals surface area contributed by atoms with Crippen LogP contribution in [0.1, 0.15) is 39.5 Å². The molecule has 5 heteroatoms. The fraction of sp³-hybridized carbons (Fsp3) is 0.857. The van der Waals surface area contributed by atoms with Crippen molar-refractivity contribution in [2.45, 2.75) is 51.2 Å². The van der Waals surface area contributed by atoms with Gasteiger partial charge in [0.05, 0.1) is 18.9 Å². The molecule has 0 amide bonds. The summed E-state index contributed by atoms with van der Waals surface area (Å²) in [7, 11) is -3.00. The van der Waals surface area contributed by atoms with E-state index in [0.29, 0.717) is 13.2 Å². The summed E-state index contributed by atoms with van der Waals surface area (Å²) in [6.45, 7) is 6.87. The van der Waals surface area contributed by atoms with E-state index in [1.165, 1.54) is 12.8 Å². The Balaban J connectivity index is 2.17. The van der Waals surface area contributed by atoms with Gasteiger partial charge in [0, 0.05) is 6.04 Å². The Morgan fingerprint density at radius 3 is 2.42 bits per heavy atom. The van der Waals surface area contributed by atoms with Crippen molar-refractivity contribution in [1.82, 2.24) is 4.90 Å². The molecule has 0 N–H and O–H groups in total. The van der Waals surface area contributed by atoms with Gasteiger partial charge in [-0.1, -0.05) is 12.2 Å². The lowest BCUT2D eigenvalue weighted by atomic mass is 10.0. The van der Waals surface area contributed by atoms with Gasteiger partial charge in [0.2, 0.25) is 0 Å². The van der Waals surface area contributed by atoms with Gasteiger partial charge in [-0.3, -0.25) is 9.46 Å². The van der Waals surface area contributed by atoms with Crippen molar-refractivity contribution in [2.75, 3.05) is 26.3 Å². The molecule has 0 saturated carbocycles. The zero-order chi connectivity index (χ0) is 13.7. The third-order valence-corrected chi connectivity index (χ3v) is 6.56. The Kier molecular flexibility index (Phi) is 5.64. The van der Waals surface area contributed by atoms with Crippen LogP contribution in [0.15, 0.2) is 12.2 Å². The van der Waals surface area contributed by atoms with Crippen LogP contribution in [-0.2, 0) is 13.6 Å². The minimum Gasteiger partial charge on any atom is -0.309 e. The molecule has 2 unspecified atom stereocenters. The van der Waals surface area contributed by atoms with Crippen LogP contribution in [0.4, 0.5) is 0 Å². The summed E-state index contributed by atoms with van der Waals surface area (Å²) in [6, 6.07) is 0.222. The van der Waals surface area contributed by atoms with Crippen LogP contribution >= 0.6 is 7.60 Å². The van der Waals surface area contributed by atoms with Crippen LogP contribution in [0.5, 0.6) is 0 Å². The summed E-state index contributed by atoms with van der Waals surface area (Å²) in [6.07, 6.45) is 8.77. The van der Waals surface area contributed by atoms with Gasteiger partial charge >= 0.3 is 7.60 Å². The predicted molar refractivity (Wildman–Crippen MR) is 77.6 cm³/mol. The maximum Gasteiger partial charge on any atom is 0.335 e. The minimum atomic E-state index is -3.00. The molecule has 2 atom stereocenters. The molecule has 0 spiro atoms. The normalized spacial score (nSPS) is 28.9. The third kappa shape index (κ3) is 3.49. The topological polar surface area (TPSA) is 38.8 Å². The van der Waals surface area contributed by atoms with E-state index in [1.54, 1.807) is 0 Å². The highest BCUT2D eigenvalue weighted by molar-refractivity contribution is 7.54. The van der Waals surface area contributed by atoms with Crippen LogP contribution < -0.4 is 0 Å². The zero-order valence-electron chi connectivity index (χ0n) is 12.1. The predicted octanol–water partition coefficient (Wildman–Crippen LogP) is 3.44. The second-order valence-corrected chi connectivity index (χ2v) is 7.44. The maximum atomic E-state index is 13.0. The van der Waals surface area contributed by atoms with E-state index >= 15 is 0 Å². The molecule has 0 radical (unpaired) electrons. The first-order chi connectivity index (χ1) is 9.21. The van der Waals surface area contributed by atoms with Crippen LogP contribution in [0.3, 0.4) is 0 Å². The minimum absolute atomic E-state index is 0.00417. The monoisotopic (exact) mass is 287 g/mol. The van der Waals surface area contributed by atoms with Gasteiger partial charge in [-0.2, -0.15) is 0 Å². The second-order valence-electron chi connectivity index (χ2n) is 5.18. The van der Waals surface area contributed by atoms with Crippen molar-refractivity contribution in [1.29, 1.82) is 0 Å². The van der Waals surface area contributed by atoms with Crippen molar-refractivity contribution >= 4 is 7.60 Å². The molecule has 0 aromatic carbocycles. The van der Waals surface area contributed by atoms with E-state index in [-0.39, 0.29) is 11.7 Å². The first-order valence-electron chi connectivity index (χ1n) is 7.50. The molecule has 19 heavy (non-hydrogen) atoms. The Labute approximate surface area is 116 Å². The van der Waals surface area contributed by atoms with E-state index in [4.69, 9.17) is 9.05 Å². The van der Waals surface area contributed by atoms with Crippen molar-refractivity contribution in [3.8, 4) is 0 Å². The quantitative estimate of drug-likeness (QED) is 0.554. The van der Waals surface area contributed by atoms with E-state index in [0.717, 1.165) is 25.9 Å². The van der Waals surface area contributed by atoms with Gasteiger partial charge in [-0.05, 0) is 52.6 Å². The lowest BCUT2D eigenvalue weighted by Crippen LogP contribution is -2.42. The standard InChI is InChI=1S/C14H26NO3P/c1-3-17-19(16,18-4-2)14-10-6-5-9-13(14)15-11-7-8-12-15/h5,9,13-14H,3-4,6-8,10-12H2,1-2H3. The molecule has 2 aliphatic rings. The summed E-state index contributed by atoms with van der Waals surface area (Å²) >= 11 is 0. The summed E-state index contributed by atoms with van der Waals surface area (Å²) in [5.74, 6) is 0. The van der Waals surface area contributed by atoms with Crippen LogP contribution in [0.2, 0.25) is 0 Å². The molecule has 4 nitrogen and oxygen atoms in total. The Morgan fingerprint density at radius 1 is 1.21 bits per heavy atom. The first kappa shape index (κ1) is 15.2. The maximum absolute atomic E-state index is 13.0. The number of hydrogen-bond acceptors (Lipinski definition) is 4. The van der Waals surface area contributed by atoms with Crippen LogP contribution in [0.25, 0.3) is 0 Å². The average molecular weight is 287 g/mol. The molecule has 0 aromatic heterocycles. The number of rotatable bonds is 6. The van der Waals surface area contributed by atoms with Crippen molar-refractivity contribution in [3.05, 3.63) is 12.2 Å². The third-order valence-electron chi connectivity index (χ3n) is 3.94. The smallest absolute Gasteiger partial charge is 0.309 e.